The van der Waals surface area contributed by atoms with E-state index in [1.165, 1.54) is 7.11 Å². The van der Waals surface area contributed by atoms with Crippen molar-refractivity contribution in [3.8, 4) is 0 Å². The number of aryl methyl sites for hydroxylation is 1. The van der Waals surface area contributed by atoms with Gasteiger partial charge in [-0.1, -0.05) is 42.8 Å². The zero-order valence-corrected chi connectivity index (χ0v) is 16.3. The number of hydrogen-bond donors (Lipinski definition) is 0. The van der Waals surface area contributed by atoms with E-state index in [0.29, 0.717) is 30.0 Å². The van der Waals surface area contributed by atoms with Gasteiger partial charge in [-0.05, 0) is 36.8 Å². The van der Waals surface area contributed by atoms with Gasteiger partial charge in [-0.25, -0.2) is 13.2 Å². The monoisotopic (exact) mass is 375 g/mol. The molecule has 140 valence electrons. The highest BCUT2D eigenvalue weighted by Gasteiger charge is 2.43. The SMILES string of the molecule is C=C1CC(C(=O)OC)=C[C@H](C)[C@H]2CN(S(=O)(=O)c3ccc(C)cc3)C[C@@H]12. The third-order valence-electron chi connectivity index (χ3n) is 5.52. The first kappa shape index (κ1) is 18.9. The third kappa shape index (κ3) is 3.35. The maximum Gasteiger partial charge on any atom is 0.333 e. The molecule has 3 atom stereocenters. The number of carbonyl (C=O) groups is 1. The Hall–Kier alpha value is -1.92. The maximum atomic E-state index is 13.0. The number of fused-ring (bicyclic) bond motifs is 1. The lowest BCUT2D eigenvalue weighted by Crippen LogP contribution is -2.30. The molecular formula is C20H25NO4S. The Bertz CT molecular complexity index is 854. The van der Waals surface area contributed by atoms with Crippen molar-refractivity contribution >= 4 is 16.0 Å². The molecule has 0 N–H and O–H groups in total. The second-order valence-electron chi connectivity index (χ2n) is 7.28. The fourth-order valence-corrected chi connectivity index (χ4v) is 5.46. The van der Waals surface area contributed by atoms with E-state index in [4.69, 9.17) is 4.74 Å². The van der Waals surface area contributed by atoms with Gasteiger partial charge in [0.1, 0.15) is 0 Å². The number of benzene rings is 1. The number of ether oxygens (including phenoxy) is 1. The first-order valence-corrected chi connectivity index (χ1v) is 10.2. The minimum Gasteiger partial charge on any atom is -0.466 e. The zero-order valence-electron chi connectivity index (χ0n) is 15.4. The first-order chi connectivity index (χ1) is 12.2. The van der Waals surface area contributed by atoms with Crippen molar-refractivity contribution in [2.45, 2.75) is 25.2 Å². The fraction of sp³-hybridized carbons (Fsp3) is 0.450. The van der Waals surface area contributed by atoms with Crippen LogP contribution in [0.1, 0.15) is 18.9 Å². The van der Waals surface area contributed by atoms with Gasteiger partial charge in [0, 0.05) is 25.1 Å². The molecule has 0 unspecified atom stereocenters. The molecule has 6 heteroatoms. The number of sulfonamides is 1. The second kappa shape index (κ2) is 7.00. The fourth-order valence-electron chi connectivity index (χ4n) is 3.96. The van der Waals surface area contributed by atoms with Gasteiger partial charge in [-0.15, -0.1) is 0 Å². The van der Waals surface area contributed by atoms with Crippen molar-refractivity contribution in [3.05, 3.63) is 53.6 Å². The smallest absolute Gasteiger partial charge is 0.333 e. The van der Waals surface area contributed by atoms with Crippen LogP contribution in [0.2, 0.25) is 0 Å². The molecule has 5 nitrogen and oxygen atoms in total. The summed E-state index contributed by atoms with van der Waals surface area (Å²) in [5.41, 5.74) is 2.54. The Morgan fingerprint density at radius 1 is 1.23 bits per heavy atom. The van der Waals surface area contributed by atoms with Crippen LogP contribution in [0.15, 0.2) is 53.0 Å². The molecule has 0 bridgehead atoms. The molecule has 1 aromatic carbocycles. The summed E-state index contributed by atoms with van der Waals surface area (Å²) in [5.74, 6) is -0.0952. The molecule has 1 aliphatic heterocycles. The van der Waals surface area contributed by atoms with Crippen molar-refractivity contribution in [2.75, 3.05) is 20.2 Å². The predicted octanol–water partition coefficient (Wildman–Crippen LogP) is 2.93. The van der Waals surface area contributed by atoms with Crippen LogP contribution in [0.3, 0.4) is 0 Å². The van der Waals surface area contributed by atoms with E-state index in [2.05, 4.69) is 6.58 Å². The van der Waals surface area contributed by atoms with E-state index in [9.17, 15) is 13.2 Å². The van der Waals surface area contributed by atoms with Crippen LogP contribution in [0, 0.1) is 24.7 Å². The molecule has 2 aliphatic rings. The third-order valence-corrected chi connectivity index (χ3v) is 7.37. The summed E-state index contributed by atoms with van der Waals surface area (Å²) in [5, 5.41) is 0. The molecule has 26 heavy (non-hydrogen) atoms. The number of allylic oxidation sites excluding steroid dienone is 1. The maximum absolute atomic E-state index is 13.0. The molecular weight excluding hydrogens is 350 g/mol. The van der Waals surface area contributed by atoms with Gasteiger partial charge in [0.15, 0.2) is 0 Å². The summed E-state index contributed by atoms with van der Waals surface area (Å²) in [6.07, 6.45) is 2.36. The van der Waals surface area contributed by atoms with Crippen molar-refractivity contribution in [1.29, 1.82) is 0 Å². The van der Waals surface area contributed by atoms with Gasteiger partial charge in [-0.2, -0.15) is 4.31 Å². The largest absolute Gasteiger partial charge is 0.466 e. The Morgan fingerprint density at radius 3 is 2.50 bits per heavy atom. The van der Waals surface area contributed by atoms with Crippen molar-refractivity contribution < 1.29 is 17.9 Å². The van der Waals surface area contributed by atoms with Crippen molar-refractivity contribution in [2.24, 2.45) is 17.8 Å². The molecule has 1 fully saturated rings. The van der Waals surface area contributed by atoms with Gasteiger partial charge < -0.3 is 4.74 Å². The van der Waals surface area contributed by atoms with Crippen LogP contribution in [0.4, 0.5) is 0 Å². The normalized spacial score (nSPS) is 26.8. The summed E-state index contributed by atoms with van der Waals surface area (Å²) < 4.78 is 32.4. The minimum absolute atomic E-state index is 0.0450. The lowest BCUT2D eigenvalue weighted by atomic mass is 9.83. The summed E-state index contributed by atoms with van der Waals surface area (Å²) in [6, 6.07) is 6.95. The minimum atomic E-state index is -3.53. The van der Waals surface area contributed by atoms with E-state index in [1.54, 1.807) is 16.4 Å². The van der Waals surface area contributed by atoms with Gasteiger partial charge >= 0.3 is 5.97 Å². The molecule has 1 heterocycles. The van der Waals surface area contributed by atoms with Crippen molar-refractivity contribution in [3.63, 3.8) is 0 Å². The standard InChI is InChI=1S/C20H25NO4S/c1-13-5-7-17(8-6-13)26(23,24)21-11-18-14(2)9-16(20(22)25-4)10-15(3)19(18)12-21/h5-8,10,15,18-19H,2,9,11-12H2,1,3-4H3/t15-,18-,19+/m0/s1. The van der Waals surface area contributed by atoms with Crippen LogP contribution >= 0.6 is 0 Å². The number of esters is 1. The number of carbonyl (C=O) groups excluding carboxylic acids is 1. The highest BCUT2D eigenvalue weighted by molar-refractivity contribution is 7.89. The summed E-state index contributed by atoms with van der Waals surface area (Å²) in [7, 11) is -2.15. The predicted molar refractivity (Wildman–Crippen MR) is 99.9 cm³/mol. The zero-order chi connectivity index (χ0) is 19.1. The molecule has 3 rings (SSSR count). The highest BCUT2D eigenvalue weighted by Crippen LogP contribution is 2.42. The number of nitrogens with zero attached hydrogens (tertiary/aromatic N) is 1. The van der Waals surface area contributed by atoms with E-state index in [0.717, 1.165) is 11.1 Å². The number of hydrogen-bond acceptors (Lipinski definition) is 4. The van der Waals surface area contributed by atoms with E-state index in [1.807, 2.05) is 32.1 Å². The molecule has 1 aliphatic carbocycles. The molecule has 1 saturated heterocycles. The molecule has 1 aromatic rings. The van der Waals surface area contributed by atoms with Crippen LogP contribution in [0.5, 0.6) is 0 Å². The Labute approximate surface area is 155 Å². The second-order valence-corrected chi connectivity index (χ2v) is 9.22. The summed E-state index contributed by atoms with van der Waals surface area (Å²) in [6.45, 7) is 8.96. The average molecular weight is 375 g/mol. The van der Waals surface area contributed by atoms with E-state index < -0.39 is 10.0 Å². The highest BCUT2D eigenvalue weighted by atomic mass is 32.2. The van der Waals surface area contributed by atoms with Gasteiger partial charge in [0.05, 0.1) is 12.0 Å². The molecule has 0 spiro atoms. The first-order valence-electron chi connectivity index (χ1n) is 8.77. The summed E-state index contributed by atoms with van der Waals surface area (Å²) >= 11 is 0. The van der Waals surface area contributed by atoms with Crippen LogP contribution in [0.25, 0.3) is 0 Å². The number of methoxy groups -OCH3 is 1. The Balaban J connectivity index is 1.87. The Kier molecular flexibility index (Phi) is 5.08. The van der Waals surface area contributed by atoms with Crippen LogP contribution < -0.4 is 0 Å². The van der Waals surface area contributed by atoms with Gasteiger partial charge in [-0.3, -0.25) is 0 Å². The lowest BCUT2D eigenvalue weighted by Gasteiger charge is -2.21. The lowest BCUT2D eigenvalue weighted by molar-refractivity contribution is -0.136. The van der Waals surface area contributed by atoms with Crippen molar-refractivity contribution in [1.82, 2.24) is 4.31 Å². The quantitative estimate of drug-likeness (QED) is 0.602. The molecule has 0 saturated carbocycles. The number of rotatable bonds is 3. The van der Waals surface area contributed by atoms with E-state index >= 15 is 0 Å². The molecule has 0 aromatic heterocycles. The topological polar surface area (TPSA) is 63.7 Å². The Morgan fingerprint density at radius 2 is 1.88 bits per heavy atom. The van der Waals surface area contributed by atoms with Crippen LogP contribution in [-0.2, 0) is 19.6 Å². The van der Waals surface area contributed by atoms with E-state index in [-0.39, 0.29) is 23.7 Å². The average Bonchev–Trinajstić information content (AvgIpc) is 3.03. The summed E-state index contributed by atoms with van der Waals surface area (Å²) in [4.78, 5) is 12.3. The van der Waals surface area contributed by atoms with Gasteiger partial charge in [0.25, 0.3) is 0 Å². The molecule has 0 amide bonds. The molecule has 0 radical (unpaired) electrons. The van der Waals surface area contributed by atoms with Crippen LogP contribution in [-0.4, -0.2) is 38.9 Å². The van der Waals surface area contributed by atoms with Gasteiger partial charge in [0.2, 0.25) is 10.0 Å².